The first-order chi connectivity index (χ1) is 9.86. The molecule has 4 heteroatoms. The van der Waals surface area contributed by atoms with Crippen molar-refractivity contribution < 1.29 is 14.3 Å². The van der Waals surface area contributed by atoms with E-state index in [0.717, 1.165) is 27.7 Å². The molecule has 2 aromatic rings. The zero-order chi connectivity index (χ0) is 15.7. The van der Waals surface area contributed by atoms with Gasteiger partial charge in [0.15, 0.2) is 5.76 Å². The van der Waals surface area contributed by atoms with Crippen molar-refractivity contribution in [2.24, 2.45) is 5.92 Å². The third-order valence-electron chi connectivity index (χ3n) is 4.15. The van der Waals surface area contributed by atoms with Gasteiger partial charge in [0.1, 0.15) is 5.58 Å². The Morgan fingerprint density at radius 1 is 1.24 bits per heavy atom. The van der Waals surface area contributed by atoms with E-state index in [0.29, 0.717) is 5.76 Å². The second-order valence-corrected chi connectivity index (χ2v) is 5.95. The van der Waals surface area contributed by atoms with Gasteiger partial charge in [-0.2, -0.15) is 0 Å². The van der Waals surface area contributed by atoms with E-state index >= 15 is 0 Å². The van der Waals surface area contributed by atoms with Gasteiger partial charge >= 0.3 is 0 Å². The van der Waals surface area contributed by atoms with Crippen LogP contribution in [0.5, 0.6) is 0 Å². The Labute approximate surface area is 125 Å². The SMILES string of the molecule is Cc1ccc2c(C)c(C(=O)NC(CO)C(C)C)oc2c1C. The first-order valence-corrected chi connectivity index (χ1v) is 7.27. The Morgan fingerprint density at radius 3 is 2.48 bits per heavy atom. The summed E-state index contributed by atoms with van der Waals surface area (Å²) in [5, 5.41) is 13.1. The van der Waals surface area contributed by atoms with Crippen molar-refractivity contribution in [2.75, 3.05) is 6.61 Å². The molecule has 0 aliphatic rings. The molecule has 21 heavy (non-hydrogen) atoms. The summed E-state index contributed by atoms with van der Waals surface area (Å²) < 4.78 is 5.80. The zero-order valence-corrected chi connectivity index (χ0v) is 13.3. The molecule has 4 nitrogen and oxygen atoms in total. The first kappa shape index (κ1) is 15.6. The van der Waals surface area contributed by atoms with Crippen LogP contribution in [0.2, 0.25) is 0 Å². The highest BCUT2D eigenvalue weighted by Crippen LogP contribution is 2.29. The molecule has 2 rings (SSSR count). The van der Waals surface area contributed by atoms with E-state index in [1.54, 1.807) is 0 Å². The number of hydrogen-bond donors (Lipinski definition) is 2. The summed E-state index contributed by atoms with van der Waals surface area (Å²) in [5.41, 5.74) is 3.80. The van der Waals surface area contributed by atoms with Gasteiger partial charge in [-0.1, -0.05) is 26.0 Å². The number of benzene rings is 1. The monoisotopic (exact) mass is 289 g/mol. The van der Waals surface area contributed by atoms with Crippen LogP contribution in [-0.2, 0) is 0 Å². The van der Waals surface area contributed by atoms with Crippen LogP contribution in [0.15, 0.2) is 16.5 Å². The van der Waals surface area contributed by atoms with Gasteiger partial charge in [0.25, 0.3) is 5.91 Å². The summed E-state index contributed by atoms with van der Waals surface area (Å²) in [4.78, 5) is 12.4. The first-order valence-electron chi connectivity index (χ1n) is 7.27. The topological polar surface area (TPSA) is 62.5 Å². The maximum absolute atomic E-state index is 12.4. The number of rotatable bonds is 4. The molecular weight excluding hydrogens is 266 g/mol. The third-order valence-corrected chi connectivity index (χ3v) is 4.15. The average molecular weight is 289 g/mol. The minimum absolute atomic E-state index is 0.0825. The van der Waals surface area contributed by atoms with Gasteiger partial charge in [-0.25, -0.2) is 0 Å². The van der Waals surface area contributed by atoms with E-state index in [9.17, 15) is 9.90 Å². The van der Waals surface area contributed by atoms with E-state index < -0.39 is 0 Å². The van der Waals surface area contributed by atoms with Crippen molar-refractivity contribution in [3.8, 4) is 0 Å². The predicted octanol–water partition coefficient (Wildman–Crippen LogP) is 3.10. The van der Waals surface area contributed by atoms with Crippen LogP contribution in [0.25, 0.3) is 11.0 Å². The second kappa shape index (κ2) is 5.90. The summed E-state index contributed by atoms with van der Waals surface area (Å²) in [6.45, 7) is 9.74. The number of aliphatic hydroxyl groups is 1. The van der Waals surface area contributed by atoms with Crippen LogP contribution < -0.4 is 5.32 Å². The number of fused-ring (bicyclic) bond motifs is 1. The highest BCUT2D eigenvalue weighted by Gasteiger charge is 2.22. The van der Waals surface area contributed by atoms with Crippen molar-refractivity contribution in [1.82, 2.24) is 5.32 Å². The molecule has 1 aromatic carbocycles. The number of aliphatic hydroxyl groups excluding tert-OH is 1. The fourth-order valence-corrected chi connectivity index (χ4v) is 2.39. The Kier molecular flexibility index (Phi) is 4.37. The molecule has 0 radical (unpaired) electrons. The molecule has 1 unspecified atom stereocenters. The summed E-state index contributed by atoms with van der Waals surface area (Å²) in [7, 11) is 0. The zero-order valence-electron chi connectivity index (χ0n) is 13.3. The standard InChI is InChI=1S/C17H23NO3/c1-9(2)14(8-19)18-17(20)16-12(5)13-7-6-10(3)11(4)15(13)21-16/h6-7,9,14,19H,8H2,1-5H3,(H,18,20). The number of aryl methyl sites for hydroxylation is 3. The highest BCUT2D eigenvalue weighted by molar-refractivity contribution is 5.99. The van der Waals surface area contributed by atoms with E-state index in [2.05, 4.69) is 5.32 Å². The summed E-state index contributed by atoms with van der Waals surface area (Å²) in [6, 6.07) is 3.75. The number of hydrogen-bond acceptors (Lipinski definition) is 3. The van der Waals surface area contributed by atoms with Crippen LogP contribution >= 0.6 is 0 Å². The summed E-state index contributed by atoms with van der Waals surface area (Å²) >= 11 is 0. The molecule has 0 aliphatic heterocycles. The molecule has 1 amide bonds. The highest BCUT2D eigenvalue weighted by atomic mass is 16.3. The molecular formula is C17H23NO3. The minimum Gasteiger partial charge on any atom is -0.450 e. The fourth-order valence-electron chi connectivity index (χ4n) is 2.39. The molecule has 0 fully saturated rings. The normalized spacial score (nSPS) is 12.9. The van der Waals surface area contributed by atoms with E-state index in [4.69, 9.17) is 4.42 Å². The largest absolute Gasteiger partial charge is 0.450 e. The van der Waals surface area contributed by atoms with Crippen molar-refractivity contribution in [3.63, 3.8) is 0 Å². The summed E-state index contributed by atoms with van der Waals surface area (Å²) in [5.74, 6) is 0.221. The second-order valence-electron chi connectivity index (χ2n) is 5.95. The lowest BCUT2D eigenvalue weighted by atomic mass is 10.0. The molecule has 2 N–H and O–H groups in total. The minimum atomic E-state index is -0.270. The molecule has 0 saturated carbocycles. The Bertz CT molecular complexity index is 670. The van der Waals surface area contributed by atoms with Gasteiger partial charge in [0.2, 0.25) is 0 Å². The van der Waals surface area contributed by atoms with Crippen LogP contribution in [0.3, 0.4) is 0 Å². The number of carbonyl (C=O) groups excluding carboxylic acids is 1. The Morgan fingerprint density at radius 2 is 1.90 bits per heavy atom. The molecule has 1 atom stereocenters. The molecule has 0 saturated heterocycles. The van der Waals surface area contributed by atoms with E-state index in [1.165, 1.54) is 0 Å². The van der Waals surface area contributed by atoms with Crippen LogP contribution in [0.1, 0.15) is 41.1 Å². The maximum atomic E-state index is 12.4. The molecule has 0 bridgehead atoms. The average Bonchev–Trinajstić information content (AvgIpc) is 2.77. The van der Waals surface area contributed by atoms with Gasteiger partial charge in [-0.15, -0.1) is 0 Å². The predicted molar refractivity (Wildman–Crippen MR) is 83.6 cm³/mol. The van der Waals surface area contributed by atoms with Gasteiger partial charge in [0, 0.05) is 10.9 Å². The molecule has 1 aromatic heterocycles. The van der Waals surface area contributed by atoms with Crippen molar-refractivity contribution in [2.45, 2.75) is 40.7 Å². The smallest absolute Gasteiger partial charge is 0.287 e. The van der Waals surface area contributed by atoms with Gasteiger partial charge in [0.05, 0.1) is 12.6 Å². The number of amides is 1. The molecule has 0 spiro atoms. The number of carbonyl (C=O) groups is 1. The number of furan rings is 1. The lowest BCUT2D eigenvalue weighted by molar-refractivity contribution is 0.0870. The van der Waals surface area contributed by atoms with Gasteiger partial charge in [-0.3, -0.25) is 4.79 Å². The van der Waals surface area contributed by atoms with E-state index in [1.807, 2.05) is 46.8 Å². The van der Waals surface area contributed by atoms with Crippen LogP contribution in [-0.4, -0.2) is 23.7 Å². The maximum Gasteiger partial charge on any atom is 0.287 e. The lowest BCUT2D eigenvalue weighted by Gasteiger charge is -2.19. The summed E-state index contributed by atoms with van der Waals surface area (Å²) in [6.07, 6.45) is 0. The Balaban J connectivity index is 2.40. The van der Waals surface area contributed by atoms with Gasteiger partial charge < -0.3 is 14.8 Å². The van der Waals surface area contributed by atoms with Gasteiger partial charge in [-0.05, 0) is 37.8 Å². The van der Waals surface area contributed by atoms with E-state index in [-0.39, 0.29) is 24.5 Å². The molecule has 114 valence electrons. The quantitative estimate of drug-likeness (QED) is 0.909. The van der Waals surface area contributed by atoms with Crippen LogP contribution in [0.4, 0.5) is 0 Å². The molecule has 1 heterocycles. The van der Waals surface area contributed by atoms with Crippen LogP contribution in [0, 0.1) is 26.7 Å². The van der Waals surface area contributed by atoms with Crippen molar-refractivity contribution in [3.05, 3.63) is 34.6 Å². The number of nitrogens with one attached hydrogen (secondary N) is 1. The van der Waals surface area contributed by atoms with Crippen molar-refractivity contribution in [1.29, 1.82) is 0 Å². The Hall–Kier alpha value is -1.81. The molecule has 0 aliphatic carbocycles. The third kappa shape index (κ3) is 2.81. The lowest BCUT2D eigenvalue weighted by Crippen LogP contribution is -2.41. The fraction of sp³-hybridized carbons (Fsp3) is 0.471. The van der Waals surface area contributed by atoms with Crippen molar-refractivity contribution >= 4 is 16.9 Å².